The van der Waals surface area contributed by atoms with Gasteiger partial charge in [0.15, 0.2) is 0 Å². The Balaban J connectivity index is 2.72. The van der Waals surface area contributed by atoms with Crippen molar-refractivity contribution in [3.05, 3.63) is 0 Å². The van der Waals surface area contributed by atoms with Crippen LogP contribution in [0.5, 0.6) is 0 Å². The average Bonchev–Trinajstić information content (AvgIpc) is 2.29. The highest BCUT2D eigenvalue weighted by molar-refractivity contribution is 8.77. The van der Waals surface area contributed by atoms with Gasteiger partial charge in [-0.1, -0.05) is 21.6 Å². The maximum atomic E-state index is 11.8. The lowest BCUT2D eigenvalue weighted by Crippen LogP contribution is -2.46. The number of rotatable bonds is 1. The first-order chi connectivity index (χ1) is 8.26. The van der Waals surface area contributed by atoms with E-state index in [9.17, 15) is 4.79 Å². The van der Waals surface area contributed by atoms with E-state index in [1.807, 2.05) is 26.5 Å². The summed E-state index contributed by atoms with van der Waals surface area (Å²) >= 11 is 5.67. The second-order valence-corrected chi connectivity index (χ2v) is 9.62. The molecule has 1 saturated heterocycles. The summed E-state index contributed by atoms with van der Waals surface area (Å²) in [6, 6.07) is 0. The number of carbonyl (C=O) groups is 1. The third-order valence-electron chi connectivity index (χ3n) is 2.64. The molecule has 0 atom stereocenters. The van der Waals surface area contributed by atoms with Crippen molar-refractivity contribution in [3.63, 3.8) is 0 Å². The van der Waals surface area contributed by atoms with Crippen LogP contribution in [0, 0.1) is 0 Å². The van der Waals surface area contributed by atoms with E-state index in [0.29, 0.717) is 0 Å². The van der Waals surface area contributed by atoms with Gasteiger partial charge in [-0.2, -0.15) is 0 Å². The predicted molar refractivity (Wildman–Crippen MR) is 83.5 cm³/mol. The zero-order chi connectivity index (χ0) is 13.8. The zero-order valence-electron chi connectivity index (χ0n) is 11.6. The van der Waals surface area contributed by atoms with Crippen LogP contribution in [0.25, 0.3) is 0 Å². The number of amides is 1. The van der Waals surface area contributed by atoms with Crippen molar-refractivity contribution in [1.29, 1.82) is 0 Å². The van der Waals surface area contributed by atoms with Crippen LogP contribution in [-0.2, 0) is 4.79 Å². The molecule has 1 rings (SSSR count). The fourth-order valence-electron chi connectivity index (χ4n) is 1.72. The van der Waals surface area contributed by atoms with E-state index in [2.05, 4.69) is 33.0 Å². The maximum Gasteiger partial charge on any atom is 0.237 e. The molecule has 18 heavy (non-hydrogen) atoms. The summed E-state index contributed by atoms with van der Waals surface area (Å²) < 4.78 is 0.252. The molecule has 0 bridgehead atoms. The van der Waals surface area contributed by atoms with Crippen molar-refractivity contribution in [3.8, 4) is 0 Å². The van der Waals surface area contributed by atoms with Gasteiger partial charge in [0.1, 0.15) is 5.88 Å². The molecule has 0 unspecified atom stereocenters. The highest BCUT2D eigenvalue weighted by atomic mass is 35.5. The van der Waals surface area contributed by atoms with Crippen LogP contribution in [-0.4, -0.2) is 52.4 Å². The standard InChI is InChI=1S/C12H23ClN2OS2/c1-11(2)8-14-5-6-15(10(16)7-13)9-12(3,4)18-17-11/h14H,5-9H2,1-4H3. The van der Waals surface area contributed by atoms with Crippen LogP contribution >= 0.6 is 33.2 Å². The molecule has 0 aromatic carbocycles. The summed E-state index contributed by atoms with van der Waals surface area (Å²) in [4.78, 5) is 13.7. The number of carbonyl (C=O) groups excluding carboxylic acids is 1. The monoisotopic (exact) mass is 310 g/mol. The van der Waals surface area contributed by atoms with Crippen molar-refractivity contribution in [1.82, 2.24) is 10.2 Å². The van der Waals surface area contributed by atoms with E-state index in [1.54, 1.807) is 0 Å². The lowest BCUT2D eigenvalue weighted by molar-refractivity contribution is -0.128. The SMILES string of the molecule is CC1(C)CNCCN(C(=O)CCl)CC(C)(C)SS1. The van der Waals surface area contributed by atoms with Gasteiger partial charge in [0, 0.05) is 35.7 Å². The first-order valence-electron chi connectivity index (χ1n) is 6.17. The number of nitrogens with one attached hydrogen (secondary N) is 1. The van der Waals surface area contributed by atoms with E-state index in [0.717, 1.165) is 26.2 Å². The van der Waals surface area contributed by atoms with Crippen molar-refractivity contribution < 1.29 is 4.79 Å². The number of hydrogen-bond acceptors (Lipinski definition) is 4. The summed E-state index contributed by atoms with van der Waals surface area (Å²) in [5, 5.41) is 3.41. The zero-order valence-corrected chi connectivity index (χ0v) is 14.0. The second kappa shape index (κ2) is 6.73. The van der Waals surface area contributed by atoms with Gasteiger partial charge in [-0.3, -0.25) is 4.79 Å². The van der Waals surface area contributed by atoms with Gasteiger partial charge < -0.3 is 10.2 Å². The Morgan fingerprint density at radius 1 is 1.28 bits per heavy atom. The van der Waals surface area contributed by atoms with Gasteiger partial charge in [0.25, 0.3) is 0 Å². The van der Waals surface area contributed by atoms with Gasteiger partial charge in [0.05, 0.1) is 0 Å². The molecular formula is C12H23ClN2OS2. The Bertz CT molecular complexity index is 298. The lowest BCUT2D eigenvalue weighted by atomic mass is 10.2. The Morgan fingerprint density at radius 3 is 2.50 bits per heavy atom. The minimum absolute atomic E-state index is 0.0250. The molecule has 1 N–H and O–H groups in total. The minimum Gasteiger partial charge on any atom is -0.339 e. The first kappa shape index (κ1) is 16.5. The lowest BCUT2D eigenvalue weighted by Gasteiger charge is -2.36. The normalized spacial score (nSPS) is 24.6. The number of alkyl halides is 1. The molecule has 0 aliphatic carbocycles. The van der Waals surface area contributed by atoms with Gasteiger partial charge in [0.2, 0.25) is 5.91 Å². The summed E-state index contributed by atoms with van der Waals surface area (Å²) in [5.74, 6) is 0.0938. The molecular weight excluding hydrogens is 288 g/mol. The van der Waals surface area contributed by atoms with Crippen molar-refractivity contribution >= 4 is 39.1 Å². The van der Waals surface area contributed by atoms with Gasteiger partial charge in [-0.05, 0) is 27.7 Å². The molecule has 3 nitrogen and oxygen atoms in total. The van der Waals surface area contributed by atoms with Gasteiger partial charge in [-0.25, -0.2) is 0 Å². The van der Waals surface area contributed by atoms with Crippen molar-refractivity contribution in [2.24, 2.45) is 0 Å². The van der Waals surface area contributed by atoms with E-state index in [1.165, 1.54) is 0 Å². The molecule has 6 heteroatoms. The number of nitrogens with zero attached hydrogens (tertiary/aromatic N) is 1. The van der Waals surface area contributed by atoms with Crippen LogP contribution in [0.15, 0.2) is 0 Å². The molecule has 106 valence electrons. The quantitative estimate of drug-likeness (QED) is 0.596. The topological polar surface area (TPSA) is 32.3 Å². The van der Waals surface area contributed by atoms with Crippen LogP contribution in [0.2, 0.25) is 0 Å². The van der Waals surface area contributed by atoms with E-state index in [4.69, 9.17) is 11.6 Å². The summed E-state index contributed by atoms with van der Waals surface area (Å²) in [7, 11) is 3.74. The Morgan fingerprint density at radius 2 is 1.89 bits per heavy atom. The first-order valence-corrected chi connectivity index (χ1v) is 8.85. The summed E-state index contributed by atoms with van der Waals surface area (Å²) in [6.45, 7) is 12.1. The van der Waals surface area contributed by atoms with Crippen LogP contribution in [0.4, 0.5) is 0 Å². The molecule has 0 saturated carbocycles. The molecule has 1 heterocycles. The fourth-order valence-corrected chi connectivity index (χ4v) is 4.40. The summed E-state index contributed by atoms with van der Waals surface area (Å²) in [6.07, 6.45) is 0. The molecule has 0 radical (unpaired) electrons. The number of hydrogen-bond donors (Lipinski definition) is 1. The molecule has 0 aromatic heterocycles. The summed E-state index contributed by atoms with van der Waals surface area (Å²) in [5.41, 5.74) is 0. The fraction of sp³-hybridized carbons (Fsp3) is 0.917. The predicted octanol–water partition coefficient (Wildman–Crippen LogP) is 2.60. The molecule has 1 aliphatic rings. The largest absolute Gasteiger partial charge is 0.339 e. The van der Waals surface area contributed by atoms with E-state index < -0.39 is 0 Å². The molecule has 1 aliphatic heterocycles. The van der Waals surface area contributed by atoms with Gasteiger partial charge >= 0.3 is 0 Å². The second-order valence-electron chi connectivity index (χ2n) is 5.81. The third-order valence-corrected chi connectivity index (χ3v) is 7.09. The average molecular weight is 311 g/mol. The Hall–Kier alpha value is 0.420. The molecule has 1 amide bonds. The van der Waals surface area contributed by atoms with Crippen molar-refractivity contribution in [2.75, 3.05) is 32.1 Å². The molecule has 1 fully saturated rings. The van der Waals surface area contributed by atoms with Crippen LogP contribution in [0.3, 0.4) is 0 Å². The molecule has 0 spiro atoms. The minimum atomic E-state index is 0.0250. The third kappa shape index (κ3) is 5.59. The Kier molecular flexibility index (Phi) is 6.16. The van der Waals surface area contributed by atoms with Crippen LogP contribution < -0.4 is 5.32 Å². The smallest absolute Gasteiger partial charge is 0.237 e. The van der Waals surface area contributed by atoms with Crippen molar-refractivity contribution in [2.45, 2.75) is 37.2 Å². The van der Waals surface area contributed by atoms with E-state index >= 15 is 0 Å². The maximum absolute atomic E-state index is 11.8. The van der Waals surface area contributed by atoms with Crippen LogP contribution in [0.1, 0.15) is 27.7 Å². The highest BCUT2D eigenvalue weighted by Gasteiger charge is 2.30. The Labute approximate surface area is 123 Å². The van der Waals surface area contributed by atoms with Gasteiger partial charge in [-0.15, -0.1) is 11.6 Å². The molecule has 0 aromatic rings. The van der Waals surface area contributed by atoms with E-state index in [-0.39, 0.29) is 21.3 Å². The number of halogens is 1. The highest BCUT2D eigenvalue weighted by Crippen LogP contribution is 2.43.